The maximum Gasteiger partial charge on any atom is 0.0410 e. The van der Waals surface area contributed by atoms with E-state index < -0.39 is 0 Å². The molecule has 0 aliphatic heterocycles. The first-order valence-corrected chi connectivity index (χ1v) is 7.87. The second kappa shape index (κ2) is 7.27. The monoisotopic (exact) mass is 385 g/mol. The van der Waals surface area contributed by atoms with Crippen molar-refractivity contribution in [3.8, 4) is 0 Å². The number of aryl methyl sites for hydroxylation is 1. The molecule has 0 spiro atoms. The Morgan fingerprint density at radius 1 is 1.11 bits per heavy atom. The Balaban J connectivity index is 1.91. The van der Waals surface area contributed by atoms with Crippen LogP contribution < -0.4 is 5.73 Å². The van der Waals surface area contributed by atoms with Gasteiger partial charge < -0.3 is 5.73 Å². The summed E-state index contributed by atoms with van der Waals surface area (Å²) >= 11 is 8.35. The van der Waals surface area contributed by atoms with Crippen LogP contribution in [0.2, 0.25) is 5.02 Å². The van der Waals surface area contributed by atoms with Gasteiger partial charge in [-0.15, -0.1) is 0 Å². The quantitative estimate of drug-likeness (QED) is 0.723. The minimum Gasteiger partial charge on any atom is -0.324 e. The lowest BCUT2D eigenvalue weighted by Crippen LogP contribution is -2.12. The van der Waals surface area contributed by atoms with Crippen LogP contribution in [0.15, 0.2) is 48.5 Å². The van der Waals surface area contributed by atoms with Gasteiger partial charge in [0.2, 0.25) is 0 Å². The van der Waals surface area contributed by atoms with Crippen LogP contribution in [0.5, 0.6) is 0 Å². The highest BCUT2D eigenvalue weighted by Crippen LogP contribution is 2.25. The van der Waals surface area contributed by atoms with Gasteiger partial charge in [0.15, 0.2) is 0 Å². The van der Waals surface area contributed by atoms with Crippen LogP contribution in [-0.4, -0.2) is 0 Å². The SMILES string of the molecule is NC(CCCc1ccccc1)c1cc(Cl)ccc1I. The van der Waals surface area contributed by atoms with Gasteiger partial charge >= 0.3 is 0 Å². The normalized spacial score (nSPS) is 12.4. The third-order valence-corrected chi connectivity index (χ3v) is 4.40. The molecule has 0 aliphatic rings. The fourth-order valence-corrected chi connectivity index (χ4v) is 3.04. The van der Waals surface area contributed by atoms with Crippen molar-refractivity contribution in [3.63, 3.8) is 0 Å². The average molecular weight is 386 g/mol. The van der Waals surface area contributed by atoms with Crippen molar-refractivity contribution in [3.05, 3.63) is 68.3 Å². The molecule has 2 N–H and O–H groups in total. The third kappa shape index (κ3) is 4.48. The molecule has 0 bridgehead atoms. The Hall–Kier alpha value is -0.580. The maximum atomic E-state index is 6.27. The zero-order valence-electron chi connectivity index (χ0n) is 10.7. The molecule has 0 aliphatic carbocycles. The lowest BCUT2D eigenvalue weighted by atomic mass is 10.00. The summed E-state index contributed by atoms with van der Waals surface area (Å²) in [5.74, 6) is 0. The van der Waals surface area contributed by atoms with Gasteiger partial charge in [-0.2, -0.15) is 0 Å². The Morgan fingerprint density at radius 3 is 2.58 bits per heavy atom. The number of halogens is 2. The zero-order valence-corrected chi connectivity index (χ0v) is 13.6. The molecule has 0 fully saturated rings. The average Bonchev–Trinajstić information content (AvgIpc) is 2.42. The highest BCUT2D eigenvalue weighted by atomic mass is 127. The van der Waals surface area contributed by atoms with Crippen molar-refractivity contribution >= 4 is 34.2 Å². The minimum absolute atomic E-state index is 0.0642. The molecular weight excluding hydrogens is 369 g/mol. The molecule has 2 rings (SSSR count). The zero-order chi connectivity index (χ0) is 13.7. The Bertz CT molecular complexity index is 528. The third-order valence-electron chi connectivity index (χ3n) is 3.18. The standard InChI is InChI=1S/C16H17ClIN/c17-13-9-10-15(18)14(11-13)16(19)8-4-7-12-5-2-1-3-6-12/h1-3,5-6,9-11,16H,4,7-8,19H2. The van der Waals surface area contributed by atoms with E-state index in [4.69, 9.17) is 17.3 Å². The van der Waals surface area contributed by atoms with Gasteiger partial charge in [-0.05, 0) is 71.2 Å². The fourth-order valence-electron chi connectivity index (χ4n) is 2.13. The van der Waals surface area contributed by atoms with Crippen LogP contribution in [0.1, 0.15) is 30.0 Å². The minimum atomic E-state index is 0.0642. The first kappa shape index (κ1) is 14.8. The van der Waals surface area contributed by atoms with Crippen LogP contribution in [0.3, 0.4) is 0 Å². The fraction of sp³-hybridized carbons (Fsp3) is 0.250. The van der Waals surface area contributed by atoms with E-state index in [0.717, 1.165) is 29.8 Å². The number of rotatable bonds is 5. The van der Waals surface area contributed by atoms with E-state index in [-0.39, 0.29) is 6.04 Å². The topological polar surface area (TPSA) is 26.0 Å². The number of hydrogen-bond acceptors (Lipinski definition) is 1. The van der Waals surface area contributed by atoms with E-state index in [1.165, 1.54) is 9.13 Å². The van der Waals surface area contributed by atoms with Gasteiger partial charge in [0.25, 0.3) is 0 Å². The summed E-state index contributed by atoms with van der Waals surface area (Å²) in [6.07, 6.45) is 3.14. The summed E-state index contributed by atoms with van der Waals surface area (Å²) in [5.41, 5.74) is 8.79. The summed E-state index contributed by atoms with van der Waals surface area (Å²) in [7, 11) is 0. The molecule has 0 saturated heterocycles. The first-order chi connectivity index (χ1) is 9.16. The Kier molecular flexibility index (Phi) is 5.67. The van der Waals surface area contributed by atoms with E-state index in [9.17, 15) is 0 Å². The van der Waals surface area contributed by atoms with Crippen molar-refractivity contribution in [1.29, 1.82) is 0 Å². The molecule has 0 saturated carbocycles. The van der Waals surface area contributed by atoms with Crippen molar-refractivity contribution in [2.24, 2.45) is 5.73 Å². The van der Waals surface area contributed by atoms with E-state index >= 15 is 0 Å². The molecule has 1 atom stereocenters. The molecule has 0 amide bonds. The second-order valence-corrected chi connectivity index (χ2v) is 6.25. The number of hydrogen-bond donors (Lipinski definition) is 1. The molecule has 2 aromatic carbocycles. The molecule has 100 valence electrons. The molecule has 0 aromatic heterocycles. The van der Waals surface area contributed by atoms with Crippen molar-refractivity contribution < 1.29 is 0 Å². The van der Waals surface area contributed by atoms with Gasteiger partial charge in [-0.1, -0.05) is 41.9 Å². The van der Waals surface area contributed by atoms with E-state index in [1.54, 1.807) is 0 Å². The molecule has 0 heterocycles. The van der Waals surface area contributed by atoms with Gasteiger partial charge in [-0.3, -0.25) is 0 Å². The molecular formula is C16H17ClIN. The summed E-state index contributed by atoms with van der Waals surface area (Å²) in [5, 5.41) is 0.758. The summed E-state index contributed by atoms with van der Waals surface area (Å²) < 4.78 is 1.19. The predicted octanol–water partition coefficient (Wildman–Crippen LogP) is 4.97. The van der Waals surface area contributed by atoms with Crippen LogP contribution in [0, 0.1) is 3.57 Å². The van der Waals surface area contributed by atoms with Crippen molar-refractivity contribution in [2.45, 2.75) is 25.3 Å². The van der Waals surface area contributed by atoms with Crippen LogP contribution in [0.4, 0.5) is 0 Å². The van der Waals surface area contributed by atoms with Gasteiger partial charge in [0.05, 0.1) is 0 Å². The molecule has 19 heavy (non-hydrogen) atoms. The van der Waals surface area contributed by atoms with Crippen molar-refractivity contribution in [2.75, 3.05) is 0 Å². The highest BCUT2D eigenvalue weighted by molar-refractivity contribution is 14.1. The first-order valence-electron chi connectivity index (χ1n) is 6.41. The number of nitrogens with two attached hydrogens (primary N) is 1. The molecule has 0 radical (unpaired) electrons. The van der Waals surface area contributed by atoms with Crippen LogP contribution in [0.25, 0.3) is 0 Å². The Labute approximate surface area is 133 Å². The lowest BCUT2D eigenvalue weighted by Gasteiger charge is -2.14. The number of benzene rings is 2. The van der Waals surface area contributed by atoms with E-state index in [2.05, 4.69) is 46.9 Å². The molecule has 1 nitrogen and oxygen atoms in total. The van der Waals surface area contributed by atoms with Crippen LogP contribution in [-0.2, 0) is 6.42 Å². The second-order valence-electron chi connectivity index (χ2n) is 4.65. The van der Waals surface area contributed by atoms with Gasteiger partial charge in [-0.25, -0.2) is 0 Å². The molecule has 3 heteroatoms. The molecule has 1 unspecified atom stereocenters. The van der Waals surface area contributed by atoms with Gasteiger partial charge in [0.1, 0.15) is 0 Å². The Morgan fingerprint density at radius 2 is 1.84 bits per heavy atom. The largest absolute Gasteiger partial charge is 0.324 e. The smallest absolute Gasteiger partial charge is 0.0410 e. The van der Waals surface area contributed by atoms with E-state index in [1.807, 2.05) is 24.3 Å². The summed E-state index contributed by atoms with van der Waals surface area (Å²) in [4.78, 5) is 0. The predicted molar refractivity (Wildman–Crippen MR) is 90.5 cm³/mol. The maximum absolute atomic E-state index is 6.27. The van der Waals surface area contributed by atoms with Gasteiger partial charge in [0, 0.05) is 14.6 Å². The van der Waals surface area contributed by atoms with Crippen LogP contribution >= 0.6 is 34.2 Å². The summed E-state index contributed by atoms with van der Waals surface area (Å²) in [6, 6.07) is 16.5. The lowest BCUT2D eigenvalue weighted by molar-refractivity contribution is 0.609. The summed E-state index contributed by atoms with van der Waals surface area (Å²) in [6.45, 7) is 0. The molecule has 2 aromatic rings. The van der Waals surface area contributed by atoms with Crippen molar-refractivity contribution in [1.82, 2.24) is 0 Å². The highest BCUT2D eigenvalue weighted by Gasteiger charge is 2.10. The van der Waals surface area contributed by atoms with E-state index in [0.29, 0.717) is 0 Å².